The molecule has 44 valence electrons. The minimum absolute atomic E-state index is 0.574. The summed E-state index contributed by atoms with van der Waals surface area (Å²) >= 11 is 0. The van der Waals surface area contributed by atoms with Crippen LogP contribution in [0.4, 0.5) is 0 Å². The minimum Gasteiger partial charge on any atom is -0.488 e. The Morgan fingerprint density at radius 3 is 2.75 bits per heavy atom. The molecule has 0 aliphatic carbocycles. The van der Waals surface area contributed by atoms with Gasteiger partial charge in [-0.3, -0.25) is 4.79 Å². The van der Waals surface area contributed by atoms with E-state index in [1.165, 1.54) is 12.3 Å². The zero-order chi connectivity index (χ0) is 5.98. The molecular formula is C5H6O3. The number of hydrogen-bond acceptors (Lipinski definition) is 3. The molecule has 1 heterocycles. The summed E-state index contributed by atoms with van der Waals surface area (Å²) in [6, 6.07) is 0. The van der Waals surface area contributed by atoms with Gasteiger partial charge in [0.1, 0.15) is 6.10 Å². The third-order valence-corrected chi connectivity index (χ3v) is 0.982. The molecule has 0 amide bonds. The number of hydrogen-bond donors (Lipinski definition) is 1. The van der Waals surface area contributed by atoms with Crippen molar-refractivity contribution in [3.05, 3.63) is 12.3 Å². The lowest BCUT2D eigenvalue weighted by Gasteiger charge is -2.03. The molecule has 0 bridgehead atoms. The fourth-order valence-corrected chi connectivity index (χ4v) is 0.519. The first kappa shape index (κ1) is 5.31. The summed E-state index contributed by atoms with van der Waals surface area (Å²) < 4.78 is 4.62. The number of ether oxygens (including phenoxy) is 1. The molecule has 0 aromatic rings. The van der Waals surface area contributed by atoms with Crippen molar-refractivity contribution >= 4 is 6.29 Å². The summed E-state index contributed by atoms with van der Waals surface area (Å²) in [5, 5.41) is 8.75. The van der Waals surface area contributed by atoms with Gasteiger partial charge in [0.05, 0.1) is 6.26 Å². The molecule has 0 spiro atoms. The Kier molecular flexibility index (Phi) is 1.30. The molecule has 0 radical (unpaired) electrons. The third-order valence-electron chi connectivity index (χ3n) is 0.982. The highest BCUT2D eigenvalue weighted by Crippen LogP contribution is 2.06. The Hall–Kier alpha value is -0.830. The Labute approximate surface area is 46.6 Å². The lowest BCUT2D eigenvalue weighted by Crippen LogP contribution is -2.22. The zero-order valence-electron chi connectivity index (χ0n) is 4.15. The predicted molar refractivity (Wildman–Crippen MR) is 26.1 cm³/mol. The predicted octanol–water partition coefficient (Wildman–Crippen LogP) is -0.541. The first-order valence-electron chi connectivity index (χ1n) is 2.30. The van der Waals surface area contributed by atoms with E-state index < -0.39 is 12.2 Å². The largest absolute Gasteiger partial charge is 0.488 e. The Morgan fingerprint density at radius 1 is 1.75 bits per heavy atom. The second-order valence-electron chi connectivity index (χ2n) is 1.56. The molecule has 1 rings (SSSR count). The van der Waals surface area contributed by atoms with Gasteiger partial charge in [-0.25, -0.2) is 0 Å². The number of aliphatic hydroxyl groups excluding tert-OH is 1. The van der Waals surface area contributed by atoms with Gasteiger partial charge in [0.15, 0.2) is 12.4 Å². The van der Waals surface area contributed by atoms with Gasteiger partial charge < -0.3 is 9.84 Å². The standard InChI is InChI=1S/C5H6O3/c6-3-5-4(7)1-2-8-5/h1-5,7H. The van der Waals surface area contributed by atoms with Crippen molar-refractivity contribution in [1.82, 2.24) is 0 Å². The van der Waals surface area contributed by atoms with Crippen molar-refractivity contribution in [1.29, 1.82) is 0 Å². The van der Waals surface area contributed by atoms with Gasteiger partial charge in [0.25, 0.3) is 0 Å². The highest BCUT2D eigenvalue weighted by Gasteiger charge is 2.20. The molecule has 0 fully saturated rings. The van der Waals surface area contributed by atoms with E-state index in [0.29, 0.717) is 6.29 Å². The maximum absolute atomic E-state index is 9.89. The topological polar surface area (TPSA) is 46.5 Å². The lowest BCUT2D eigenvalue weighted by atomic mass is 10.2. The van der Waals surface area contributed by atoms with Crippen LogP contribution in [0.5, 0.6) is 0 Å². The molecule has 3 nitrogen and oxygen atoms in total. The second-order valence-corrected chi connectivity index (χ2v) is 1.56. The summed E-state index contributed by atoms with van der Waals surface area (Å²) in [5.41, 5.74) is 0. The Balaban J connectivity index is 2.50. The van der Waals surface area contributed by atoms with E-state index in [-0.39, 0.29) is 0 Å². The third kappa shape index (κ3) is 0.721. The van der Waals surface area contributed by atoms with Gasteiger partial charge >= 0.3 is 0 Å². The molecule has 2 atom stereocenters. The fourth-order valence-electron chi connectivity index (χ4n) is 0.519. The van der Waals surface area contributed by atoms with Crippen molar-refractivity contribution in [2.75, 3.05) is 0 Å². The van der Waals surface area contributed by atoms with Crippen molar-refractivity contribution in [2.24, 2.45) is 0 Å². The Morgan fingerprint density at radius 2 is 2.50 bits per heavy atom. The van der Waals surface area contributed by atoms with Gasteiger partial charge in [-0.2, -0.15) is 0 Å². The van der Waals surface area contributed by atoms with Crippen molar-refractivity contribution in [3.8, 4) is 0 Å². The molecule has 2 unspecified atom stereocenters. The van der Waals surface area contributed by atoms with Crippen LogP contribution in [-0.2, 0) is 9.53 Å². The van der Waals surface area contributed by atoms with Gasteiger partial charge in [0, 0.05) is 0 Å². The number of aldehydes is 1. The first-order valence-corrected chi connectivity index (χ1v) is 2.30. The van der Waals surface area contributed by atoms with E-state index in [0.717, 1.165) is 0 Å². The van der Waals surface area contributed by atoms with Crippen LogP contribution in [0.3, 0.4) is 0 Å². The molecule has 1 N–H and O–H groups in total. The lowest BCUT2D eigenvalue weighted by molar-refractivity contribution is -0.117. The van der Waals surface area contributed by atoms with Crippen LogP contribution in [0.25, 0.3) is 0 Å². The quantitative estimate of drug-likeness (QED) is 0.465. The highest BCUT2D eigenvalue weighted by molar-refractivity contribution is 5.58. The summed E-state index contributed by atoms with van der Waals surface area (Å²) in [6.45, 7) is 0. The molecule has 8 heavy (non-hydrogen) atoms. The molecule has 0 saturated carbocycles. The van der Waals surface area contributed by atoms with Gasteiger partial charge in [-0.05, 0) is 6.08 Å². The smallest absolute Gasteiger partial charge is 0.182 e. The van der Waals surface area contributed by atoms with Crippen molar-refractivity contribution < 1.29 is 14.6 Å². The van der Waals surface area contributed by atoms with Crippen LogP contribution in [0, 0.1) is 0 Å². The summed E-state index contributed by atoms with van der Waals surface area (Å²) in [5.74, 6) is 0. The van der Waals surface area contributed by atoms with Crippen LogP contribution >= 0.6 is 0 Å². The number of aliphatic hydroxyl groups is 1. The van der Waals surface area contributed by atoms with Crippen LogP contribution in [0.2, 0.25) is 0 Å². The second kappa shape index (κ2) is 1.96. The molecule has 1 aliphatic heterocycles. The summed E-state index contributed by atoms with van der Waals surface area (Å²) in [6.07, 6.45) is 1.91. The van der Waals surface area contributed by atoms with Crippen molar-refractivity contribution in [3.63, 3.8) is 0 Å². The van der Waals surface area contributed by atoms with E-state index in [4.69, 9.17) is 5.11 Å². The van der Waals surface area contributed by atoms with Gasteiger partial charge in [0.2, 0.25) is 0 Å². The average molecular weight is 114 g/mol. The SMILES string of the molecule is O=CC1OC=CC1O. The van der Waals surface area contributed by atoms with Crippen LogP contribution < -0.4 is 0 Å². The molecule has 3 heteroatoms. The summed E-state index contributed by atoms with van der Waals surface area (Å²) in [4.78, 5) is 9.89. The van der Waals surface area contributed by atoms with Gasteiger partial charge in [-0.15, -0.1) is 0 Å². The number of rotatable bonds is 1. The molecule has 0 aromatic heterocycles. The van der Waals surface area contributed by atoms with Crippen LogP contribution in [0.1, 0.15) is 0 Å². The van der Waals surface area contributed by atoms with Crippen molar-refractivity contribution in [2.45, 2.75) is 12.2 Å². The molecule has 0 saturated heterocycles. The maximum Gasteiger partial charge on any atom is 0.182 e. The highest BCUT2D eigenvalue weighted by atomic mass is 16.5. The van der Waals surface area contributed by atoms with E-state index in [1.54, 1.807) is 0 Å². The molecule has 1 aliphatic rings. The van der Waals surface area contributed by atoms with E-state index in [9.17, 15) is 4.79 Å². The van der Waals surface area contributed by atoms with Crippen LogP contribution in [-0.4, -0.2) is 23.6 Å². The van der Waals surface area contributed by atoms with E-state index in [2.05, 4.69) is 4.74 Å². The van der Waals surface area contributed by atoms with Crippen LogP contribution in [0.15, 0.2) is 12.3 Å². The zero-order valence-corrected chi connectivity index (χ0v) is 4.15. The number of carbonyl (C=O) groups is 1. The van der Waals surface area contributed by atoms with Gasteiger partial charge in [-0.1, -0.05) is 0 Å². The average Bonchev–Trinajstić information content (AvgIpc) is 2.14. The first-order chi connectivity index (χ1) is 3.84. The Bertz CT molecular complexity index is 119. The maximum atomic E-state index is 9.89. The minimum atomic E-state index is -0.743. The normalized spacial score (nSPS) is 34.6. The number of carbonyl (C=O) groups excluding carboxylic acids is 1. The molecular weight excluding hydrogens is 108 g/mol. The molecule has 0 aromatic carbocycles. The van der Waals surface area contributed by atoms with E-state index >= 15 is 0 Å². The van der Waals surface area contributed by atoms with E-state index in [1.807, 2.05) is 0 Å². The summed E-state index contributed by atoms with van der Waals surface area (Å²) in [7, 11) is 0. The fraction of sp³-hybridized carbons (Fsp3) is 0.400. The monoisotopic (exact) mass is 114 g/mol.